The maximum absolute atomic E-state index is 7.42. The number of nitrogens with zero attached hydrogens (tertiary/aromatic N) is 4. The van der Waals surface area contributed by atoms with Gasteiger partial charge in [-0.15, -0.1) is 0 Å². The van der Waals surface area contributed by atoms with Crippen molar-refractivity contribution in [3.63, 3.8) is 0 Å². The molecule has 0 N–H and O–H groups in total. The van der Waals surface area contributed by atoms with Crippen molar-refractivity contribution < 1.29 is 4.74 Å². The molecule has 0 fully saturated rings. The highest BCUT2D eigenvalue weighted by atomic mass is 16.5. The summed E-state index contributed by atoms with van der Waals surface area (Å²) in [4.78, 5) is 20.2. The standard InChI is InChI=1S/C55H34N4O/c1-3-15-38(16-4-1)52-57-53(39-17-5-2-6-18-39)59-54(58-52)44-25-13-29-48-51(44)60-50-41(36-32-30-35(31-33-36)40-23-11-19-37-20-14-34-56-49(37)40)24-12-28-47(50)55(48)45-26-9-7-21-42(45)43-22-8-10-27-46(43)55/h1-34H. The molecule has 0 bridgehead atoms. The molecule has 280 valence electrons. The Labute approximate surface area is 347 Å². The summed E-state index contributed by atoms with van der Waals surface area (Å²) in [5.41, 5.74) is 14.2. The van der Waals surface area contributed by atoms with Crippen LogP contribution in [0.3, 0.4) is 0 Å². The number of para-hydroxylation sites is 3. The molecule has 0 radical (unpaired) electrons. The number of benzene rings is 8. The van der Waals surface area contributed by atoms with Crippen LogP contribution in [0.15, 0.2) is 206 Å². The number of pyridine rings is 1. The number of rotatable bonds is 5. The quantitative estimate of drug-likeness (QED) is 0.175. The summed E-state index contributed by atoms with van der Waals surface area (Å²) in [6.45, 7) is 0. The van der Waals surface area contributed by atoms with Gasteiger partial charge in [-0.2, -0.15) is 0 Å². The lowest BCUT2D eigenvalue weighted by Crippen LogP contribution is -2.32. The second-order valence-corrected chi connectivity index (χ2v) is 15.3. The lowest BCUT2D eigenvalue weighted by atomic mass is 9.65. The minimum absolute atomic E-state index is 0.545. The highest BCUT2D eigenvalue weighted by Gasteiger charge is 2.52. The fourth-order valence-electron chi connectivity index (χ4n) is 9.45. The summed E-state index contributed by atoms with van der Waals surface area (Å²) in [6.07, 6.45) is 1.86. The first kappa shape index (κ1) is 34.1. The van der Waals surface area contributed by atoms with E-state index in [4.69, 9.17) is 24.7 Å². The molecule has 2 aliphatic rings. The lowest BCUT2D eigenvalue weighted by Gasteiger charge is -2.40. The van der Waals surface area contributed by atoms with Crippen molar-refractivity contribution in [3.05, 3.63) is 229 Å². The second-order valence-electron chi connectivity index (χ2n) is 15.3. The highest BCUT2D eigenvalue weighted by Crippen LogP contribution is 2.64. The number of hydrogen-bond donors (Lipinski definition) is 0. The van der Waals surface area contributed by atoms with Gasteiger partial charge >= 0.3 is 0 Å². The van der Waals surface area contributed by atoms with E-state index in [0.717, 1.165) is 72.5 Å². The molecule has 10 aromatic rings. The minimum atomic E-state index is -0.686. The summed E-state index contributed by atoms with van der Waals surface area (Å²) in [6, 6.07) is 70.1. The fourth-order valence-corrected chi connectivity index (χ4v) is 9.45. The molecular weight excluding hydrogens is 733 g/mol. The molecule has 5 heteroatoms. The van der Waals surface area contributed by atoms with Gasteiger partial charge in [0.1, 0.15) is 11.5 Å². The average Bonchev–Trinajstić information content (AvgIpc) is 3.62. The van der Waals surface area contributed by atoms with Crippen LogP contribution in [-0.4, -0.2) is 19.9 Å². The molecule has 8 aromatic carbocycles. The van der Waals surface area contributed by atoms with Crippen molar-refractivity contribution in [2.45, 2.75) is 5.41 Å². The zero-order chi connectivity index (χ0) is 39.6. The van der Waals surface area contributed by atoms with Crippen LogP contribution in [0.5, 0.6) is 11.5 Å². The van der Waals surface area contributed by atoms with Gasteiger partial charge in [0.05, 0.1) is 16.5 Å². The van der Waals surface area contributed by atoms with Gasteiger partial charge in [-0.25, -0.2) is 15.0 Å². The Bertz CT molecular complexity index is 3180. The number of fused-ring (bicyclic) bond motifs is 10. The van der Waals surface area contributed by atoms with E-state index in [1.807, 2.05) is 72.9 Å². The van der Waals surface area contributed by atoms with Crippen LogP contribution in [-0.2, 0) is 5.41 Å². The van der Waals surface area contributed by atoms with Crippen LogP contribution >= 0.6 is 0 Å². The van der Waals surface area contributed by atoms with Crippen molar-refractivity contribution in [1.82, 2.24) is 19.9 Å². The van der Waals surface area contributed by atoms with Gasteiger partial charge in [0.2, 0.25) is 0 Å². The molecular formula is C55H34N4O. The van der Waals surface area contributed by atoms with Gasteiger partial charge in [-0.1, -0.05) is 188 Å². The first-order valence-corrected chi connectivity index (χ1v) is 20.2. The van der Waals surface area contributed by atoms with Gasteiger partial charge in [0, 0.05) is 45.0 Å². The lowest BCUT2D eigenvalue weighted by molar-refractivity contribution is 0.439. The summed E-state index contributed by atoms with van der Waals surface area (Å²) < 4.78 is 7.42. The average molecular weight is 767 g/mol. The molecule has 3 heterocycles. The van der Waals surface area contributed by atoms with Gasteiger partial charge in [0.15, 0.2) is 17.5 Å². The van der Waals surface area contributed by atoms with Gasteiger partial charge in [-0.3, -0.25) is 4.98 Å². The van der Waals surface area contributed by atoms with Crippen molar-refractivity contribution in [2.24, 2.45) is 0 Å². The van der Waals surface area contributed by atoms with Crippen LogP contribution in [0.4, 0.5) is 0 Å². The minimum Gasteiger partial charge on any atom is -0.455 e. The van der Waals surface area contributed by atoms with Gasteiger partial charge in [0.25, 0.3) is 0 Å². The number of hydrogen-bond acceptors (Lipinski definition) is 5. The van der Waals surface area contributed by atoms with E-state index in [2.05, 4.69) is 133 Å². The molecule has 2 aromatic heterocycles. The highest BCUT2D eigenvalue weighted by molar-refractivity contribution is 5.95. The van der Waals surface area contributed by atoms with Crippen molar-refractivity contribution in [3.8, 4) is 79.0 Å². The zero-order valence-electron chi connectivity index (χ0n) is 32.3. The predicted molar refractivity (Wildman–Crippen MR) is 240 cm³/mol. The Balaban J connectivity index is 1.11. The maximum atomic E-state index is 7.42. The van der Waals surface area contributed by atoms with Crippen molar-refractivity contribution in [2.75, 3.05) is 0 Å². The van der Waals surface area contributed by atoms with E-state index in [1.165, 1.54) is 22.3 Å². The van der Waals surface area contributed by atoms with Crippen LogP contribution in [0.25, 0.3) is 78.4 Å². The molecule has 0 saturated carbocycles. The summed E-state index contributed by atoms with van der Waals surface area (Å²) in [5, 5.41) is 1.12. The van der Waals surface area contributed by atoms with E-state index in [-0.39, 0.29) is 0 Å². The van der Waals surface area contributed by atoms with Crippen LogP contribution in [0, 0.1) is 0 Å². The number of ether oxygens (including phenoxy) is 1. The third-order valence-corrected chi connectivity index (χ3v) is 12.1. The van der Waals surface area contributed by atoms with E-state index in [1.54, 1.807) is 0 Å². The topological polar surface area (TPSA) is 60.8 Å². The Morgan fingerprint density at radius 2 is 0.767 bits per heavy atom. The first-order chi connectivity index (χ1) is 29.8. The summed E-state index contributed by atoms with van der Waals surface area (Å²) in [5.74, 6) is 3.28. The molecule has 1 spiro atoms. The Kier molecular flexibility index (Phi) is 7.69. The first-order valence-electron chi connectivity index (χ1n) is 20.2. The van der Waals surface area contributed by atoms with Gasteiger partial charge < -0.3 is 4.74 Å². The molecule has 12 rings (SSSR count). The van der Waals surface area contributed by atoms with Crippen LogP contribution < -0.4 is 4.74 Å². The maximum Gasteiger partial charge on any atom is 0.167 e. The van der Waals surface area contributed by atoms with Crippen molar-refractivity contribution in [1.29, 1.82) is 0 Å². The summed E-state index contributed by atoms with van der Waals surface area (Å²) in [7, 11) is 0. The molecule has 60 heavy (non-hydrogen) atoms. The smallest absolute Gasteiger partial charge is 0.167 e. The zero-order valence-corrected chi connectivity index (χ0v) is 32.3. The SMILES string of the molecule is c1ccc(-c2nc(-c3ccccc3)nc(-c3cccc4c3Oc3c(-c5ccc(-c6cccc7cccnc67)cc5)cccc3C43c4ccccc4-c4ccccc43)n2)cc1. The third kappa shape index (κ3) is 5.12. The second kappa shape index (κ2) is 13.5. The van der Waals surface area contributed by atoms with E-state index in [0.29, 0.717) is 17.5 Å². The van der Waals surface area contributed by atoms with Crippen LogP contribution in [0.1, 0.15) is 22.3 Å². The molecule has 1 aliphatic carbocycles. The fraction of sp³-hybridized carbons (Fsp3) is 0.0182. The molecule has 0 unspecified atom stereocenters. The van der Waals surface area contributed by atoms with Gasteiger partial charge in [-0.05, 0) is 45.5 Å². The Morgan fingerprint density at radius 1 is 0.317 bits per heavy atom. The predicted octanol–water partition coefficient (Wildman–Crippen LogP) is 13.2. The molecule has 1 aliphatic heterocycles. The largest absolute Gasteiger partial charge is 0.455 e. The van der Waals surface area contributed by atoms with E-state index < -0.39 is 5.41 Å². The molecule has 0 saturated heterocycles. The summed E-state index contributed by atoms with van der Waals surface area (Å²) >= 11 is 0. The van der Waals surface area contributed by atoms with E-state index in [9.17, 15) is 0 Å². The van der Waals surface area contributed by atoms with Crippen molar-refractivity contribution >= 4 is 10.9 Å². The Morgan fingerprint density at radius 3 is 1.40 bits per heavy atom. The number of aromatic nitrogens is 4. The normalized spacial score (nSPS) is 12.9. The molecule has 0 atom stereocenters. The molecule has 0 amide bonds. The third-order valence-electron chi connectivity index (χ3n) is 12.1. The van der Waals surface area contributed by atoms with E-state index >= 15 is 0 Å². The molecule has 5 nitrogen and oxygen atoms in total. The Hall–Kier alpha value is -8.02. The monoisotopic (exact) mass is 766 g/mol. The van der Waals surface area contributed by atoms with Crippen LogP contribution in [0.2, 0.25) is 0 Å².